The fourth-order valence-corrected chi connectivity index (χ4v) is 2.50. The van der Waals surface area contributed by atoms with Gasteiger partial charge in [-0.25, -0.2) is 0 Å². The highest BCUT2D eigenvalue weighted by Gasteiger charge is 2.43. The van der Waals surface area contributed by atoms with Crippen molar-refractivity contribution >= 4 is 0 Å². The van der Waals surface area contributed by atoms with Crippen LogP contribution in [0, 0.1) is 10.8 Å². The maximum Gasteiger partial charge on any atom is 0.0547 e. The van der Waals surface area contributed by atoms with Crippen LogP contribution in [0.5, 0.6) is 0 Å². The Morgan fingerprint density at radius 2 is 2.00 bits per heavy atom. The van der Waals surface area contributed by atoms with Crippen molar-refractivity contribution in [2.45, 2.75) is 26.7 Å². The lowest BCUT2D eigenvalue weighted by atomic mass is 9.69. The molecule has 0 saturated carbocycles. The average Bonchev–Trinajstić information content (AvgIpc) is 2.06. The van der Waals surface area contributed by atoms with Crippen molar-refractivity contribution < 1.29 is 4.74 Å². The van der Waals surface area contributed by atoms with Gasteiger partial charge >= 0.3 is 0 Å². The number of ether oxygens (including phenoxy) is 1. The molecule has 0 aromatic heterocycles. The highest BCUT2D eigenvalue weighted by molar-refractivity contribution is 4.97. The van der Waals surface area contributed by atoms with E-state index in [2.05, 4.69) is 19.2 Å². The Kier molecular flexibility index (Phi) is 1.92. The third kappa shape index (κ3) is 1.50. The van der Waals surface area contributed by atoms with E-state index < -0.39 is 0 Å². The zero-order chi connectivity index (χ0) is 8.66. The molecule has 2 aliphatic rings. The zero-order valence-corrected chi connectivity index (χ0v) is 8.15. The first-order valence-electron chi connectivity index (χ1n) is 4.91. The zero-order valence-electron chi connectivity index (χ0n) is 8.15. The maximum absolute atomic E-state index is 5.65. The summed E-state index contributed by atoms with van der Waals surface area (Å²) >= 11 is 0. The molecule has 2 rings (SSSR count). The van der Waals surface area contributed by atoms with E-state index in [9.17, 15) is 0 Å². The van der Waals surface area contributed by atoms with Crippen LogP contribution in [0.25, 0.3) is 0 Å². The van der Waals surface area contributed by atoms with Crippen LogP contribution in [0.15, 0.2) is 0 Å². The van der Waals surface area contributed by atoms with Gasteiger partial charge in [0.1, 0.15) is 0 Å². The van der Waals surface area contributed by atoms with Crippen molar-refractivity contribution in [2.75, 3.05) is 26.3 Å². The third-order valence-electron chi connectivity index (χ3n) is 3.18. The minimum atomic E-state index is 0.485. The summed E-state index contributed by atoms with van der Waals surface area (Å²) in [4.78, 5) is 0. The monoisotopic (exact) mass is 169 g/mol. The molecule has 0 amide bonds. The molecule has 0 aliphatic carbocycles. The van der Waals surface area contributed by atoms with Crippen LogP contribution in [0.1, 0.15) is 26.7 Å². The lowest BCUT2D eigenvalue weighted by Gasteiger charge is -2.44. The molecule has 2 heteroatoms. The van der Waals surface area contributed by atoms with Gasteiger partial charge in [0.15, 0.2) is 0 Å². The van der Waals surface area contributed by atoms with Crippen LogP contribution >= 0.6 is 0 Å². The van der Waals surface area contributed by atoms with Gasteiger partial charge in [0.2, 0.25) is 0 Å². The molecule has 0 unspecified atom stereocenters. The molecular formula is C10H19NO. The van der Waals surface area contributed by atoms with Gasteiger partial charge in [-0.2, -0.15) is 0 Å². The van der Waals surface area contributed by atoms with E-state index in [4.69, 9.17) is 4.74 Å². The number of hydrogen-bond donors (Lipinski definition) is 1. The van der Waals surface area contributed by atoms with Gasteiger partial charge in [0.05, 0.1) is 6.61 Å². The van der Waals surface area contributed by atoms with E-state index in [-0.39, 0.29) is 0 Å². The van der Waals surface area contributed by atoms with Crippen LogP contribution in [0.3, 0.4) is 0 Å². The average molecular weight is 169 g/mol. The lowest BCUT2D eigenvalue weighted by Crippen LogP contribution is -2.56. The summed E-state index contributed by atoms with van der Waals surface area (Å²) in [5.41, 5.74) is 0.971. The number of hydrogen-bond acceptors (Lipinski definition) is 2. The molecule has 0 aromatic rings. The highest BCUT2D eigenvalue weighted by Crippen LogP contribution is 2.41. The second-order valence-electron chi connectivity index (χ2n) is 5.25. The van der Waals surface area contributed by atoms with Gasteiger partial charge in [0.25, 0.3) is 0 Å². The molecule has 1 spiro atoms. The smallest absolute Gasteiger partial charge is 0.0547 e. The summed E-state index contributed by atoms with van der Waals surface area (Å²) in [6.07, 6.45) is 2.54. The van der Waals surface area contributed by atoms with Crippen molar-refractivity contribution in [2.24, 2.45) is 10.8 Å². The summed E-state index contributed by atoms with van der Waals surface area (Å²) in [7, 11) is 0. The largest absolute Gasteiger partial charge is 0.381 e. The normalized spacial score (nSPS) is 32.5. The molecule has 2 saturated heterocycles. The predicted octanol–water partition coefficient (Wildman–Crippen LogP) is 1.41. The minimum Gasteiger partial charge on any atom is -0.381 e. The van der Waals surface area contributed by atoms with Gasteiger partial charge in [-0.3, -0.25) is 0 Å². The van der Waals surface area contributed by atoms with Crippen molar-refractivity contribution in [1.29, 1.82) is 0 Å². The van der Waals surface area contributed by atoms with E-state index >= 15 is 0 Å². The fourth-order valence-electron chi connectivity index (χ4n) is 2.50. The summed E-state index contributed by atoms with van der Waals surface area (Å²) in [5.74, 6) is 0. The Morgan fingerprint density at radius 3 is 2.58 bits per heavy atom. The highest BCUT2D eigenvalue weighted by atomic mass is 16.5. The van der Waals surface area contributed by atoms with Crippen LogP contribution < -0.4 is 5.32 Å². The van der Waals surface area contributed by atoms with E-state index in [1.165, 1.54) is 12.8 Å². The summed E-state index contributed by atoms with van der Waals surface area (Å²) < 4.78 is 5.65. The standard InChI is InChI=1S/C10H19NO/c1-9(2)3-4-12-8-10(5-9)6-11-7-10/h11H,3-8H2,1-2H3. The van der Waals surface area contributed by atoms with Crippen LogP contribution in [-0.4, -0.2) is 26.3 Å². The molecule has 70 valence electrons. The summed E-state index contributed by atoms with van der Waals surface area (Å²) in [5, 5.41) is 3.36. The topological polar surface area (TPSA) is 21.3 Å². The second-order valence-corrected chi connectivity index (χ2v) is 5.25. The Hall–Kier alpha value is -0.0800. The molecule has 0 atom stereocenters. The summed E-state index contributed by atoms with van der Waals surface area (Å²) in [6.45, 7) is 8.98. The first-order chi connectivity index (χ1) is 5.62. The Bertz CT molecular complexity index is 173. The molecule has 2 aliphatic heterocycles. The Labute approximate surface area is 74.7 Å². The number of rotatable bonds is 0. The molecule has 0 radical (unpaired) electrons. The van der Waals surface area contributed by atoms with Gasteiger partial charge in [-0.05, 0) is 18.3 Å². The van der Waals surface area contributed by atoms with Crippen LogP contribution in [0.2, 0.25) is 0 Å². The lowest BCUT2D eigenvalue weighted by molar-refractivity contribution is 0.0198. The molecule has 12 heavy (non-hydrogen) atoms. The predicted molar refractivity (Wildman–Crippen MR) is 49.1 cm³/mol. The van der Waals surface area contributed by atoms with Crippen molar-refractivity contribution in [3.05, 3.63) is 0 Å². The molecule has 2 fully saturated rings. The second kappa shape index (κ2) is 2.71. The Morgan fingerprint density at radius 1 is 1.25 bits per heavy atom. The fraction of sp³-hybridized carbons (Fsp3) is 1.00. The van der Waals surface area contributed by atoms with Crippen molar-refractivity contribution in [3.63, 3.8) is 0 Å². The molecule has 2 heterocycles. The van der Waals surface area contributed by atoms with E-state index in [1.54, 1.807) is 0 Å². The Balaban J connectivity index is 2.06. The minimum absolute atomic E-state index is 0.485. The first-order valence-corrected chi connectivity index (χ1v) is 4.91. The van der Waals surface area contributed by atoms with Gasteiger partial charge in [-0.15, -0.1) is 0 Å². The van der Waals surface area contributed by atoms with Crippen LogP contribution in [0.4, 0.5) is 0 Å². The number of nitrogens with one attached hydrogen (secondary N) is 1. The third-order valence-corrected chi connectivity index (χ3v) is 3.18. The maximum atomic E-state index is 5.65. The molecule has 0 bridgehead atoms. The molecule has 0 aromatic carbocycles. The SMILES string of the molecule is CC1(C)CCOCC2(CNC2)C1. The van der Waals surface area contributed by atoms with E-state index in [0.717, 1.165) is 26.3 Å². The molecule has 1 N–H and O–H groups in total. The first kappa shape index (κ1) is 8.52. The van der Waals surface area contributed by atoms with E-state index in [1.807, 2.05) is 0 Å². The van der Waals surface area contributed by atoms with Gasteiger partial charge in [0, 0.05) is 25.1 Å². The molecular weight excluding hydrogens is 150 g/mol. The van der Waals surface area contributed by atoms with Gasteiger partial charge in [-0.1, -0.05) is 13.8 Å². The van der Waals surface area contributed by atoms with Crippen molar-refractivity contribution in [1.82, 2.24) is 5.32 Å². The van der Waals surface area contributed by atoms with E-state index in [0.29, 0.717) is 10.8 Å². The quantitative estimate of drug-likeness (QED) is 0.592. The molecule has 2 nitrogen and oxygen atoms in total. The summed E-state index contributed by atoms with van der Waals surface area (Å²) in [6, 6.07) is 0. The van der Waals surface area contributed by atoms with Gasteiger partial charge < -0.3 is 10.1 Å². The van der Waals surface area contributed by atoms with Crippen molar-refractivity contribution in [3.8, 4) is 0 Å². The van der Waals surface area contributed by atoms with Crippen LogP contribution in [-0.2, 0) is 4.74 Å².